The minimum atomic E-state index is -2.27. The Hall–Kier alpha value is -1.22. The third-order valence-corrected chi connectivity index (χ3v) is 1.64. The summed E-state index contributed by atoms with van der Waals surface area (Å²) >= 11 is 0. The fraction of sp³-hybridized carbons (Fsp3) is 0.778. The molecule has 17 heavy (non-hydrogen) atoms. The van der Waals surface area contributed by atoms with E-state index in [2.05, 4.69) is 0 Å². The molecule has 0 rings (SSSR count). The summed E-state index contributed by atoms with van der Waals surface area (Å²) in [6.07, 6.45) is -3.39. The first-order valence-electron chi connectivity index (χ1n) is 4.88. The number of hydrogen-bond donors (Lipinski definition) is 6. The largest absolute Gasteiger partial charge is 0.479 e. The van der Waals surface area contributed by atoms with E-state index in [1.807, 2.05) is 6.92 Å². The van der Waals surface area contributed by atoms with Crippen LogP contribution in [0.15, 0.2) is 0 Å². The maximum Gasteiger partial charge on any atom is 0.335 e. The fourth-order valence-corrected chi connectivity index (χ4v) is 0.695. The number of aliphatic hydroxyl groups excluding tert-OH is 4. The Morgan fingerprint density at radius 1 is 1.00 bits per heavy atom. The Morgan fingerprint density at radius 2 is 1.35 bits per heavy atom. The molecule has 0 aliphatic carbocycles. The van der Waals surface area contributed by atoms with Crippen LogP contribution in [0.2, 0.25) is 0 Å². The summed E-state index contributed by atoms with van der Waals surface area (Å²) in [6.45, 7) is 1.87. The van der Waals surface area contributed by atoms with Crippen LogP contribution in [-0.4, -0.2) is 67.5 Å². The molecule has 0 saturated carbocycles. The zero-order chi connectivity index (χ0) is 14.0. The van der Waals surface area contributed by atoms with Crippen molar-refractivity contribution in [2.75, 3.05) is 6.61 Å². The van der Waals surface area contributed by atoms with Crippen molar-refractivity contribution in [3.8, 4) is 0 Å². The van der Waals surface area contributed by atoms with Gasteiger partial charge < -0.3 is 30.6 Å². The molecule has 3 unspecified atom stereocenters. The monoisotopic (exact) mass is 254 g/mol. The summed E-state index contributed by atoms with van der Waals surface area (Å²) in [5, 5.41) is 49.3. The molecule has 0 aromatic heterocycles. The topological polar surface area (TPSA) is 156 Å². The van der Waals surface area contributed by atoms with Gasteiger partial charge in [0, 0.05) is 0 Å². The fourth-order valence-electron chi connectivity index (χ4n) is 0.695. The smallest absolute Gasteiger partial charge is 0.335 e. The second-order valence-electron chi connectivity index (χ2n) is 3.19. The molecule has 0 heterocycles. The van der Waals surface area contributed by atoms with Crippen LogP contribution in [0.25, 0.3) is 0 Å². The standard InChI is InChI=1S/C5H12O2.C4H6O6/c1-2-3-5(7)4-6;5-1(3(7)8)2(6)4(9)10/h5-7H,2-4H2,1H3;1-2,5-6H,(H,7,8)(H,9,10). The molecule has 0 aliphatic rings. The maximum atomic E-state index is 9.77. The summed E-state index contributed by atoms with van der Waals surface area (Å²) < 4.78 is 0. The molecule has 0 saturated heterocycles. The minimum absolute atomic E-state index is 0.103. The summed E-state index contributed by atoms with van der Waals surface area (Å²) in [5.74, 6) is -3.54. The van der Waals surface area contributed by atoms with Crippen molar-refractivity contribution in [1.29, 1.82) is 0 Å². The lowest BCUT2D eigenvalue weighted by atomic mass is 10.2. The minimum Gasteiger partial charge on any atom is -0.479 e. The molecule has 0 aromatic carbocycles. The highest BCUT2D eigenvalue weighted by Gasteiger charge is 2.29. The van der Waals surface area contributed by atoms with Crippen LogP contribution in [0.5, 0.6) is 0 Å². The predicted molar refractivity (Wildman–Crippen MR) is 55.3 cm³/mol. The lowest BCUT2D eigenvalue weighted by molar-refractivity contribution is -0.165. The zero-order valence-electron chi connectivity index (χ0n) is 9.35. The van der Waals surface area contributed by atoms with Crippen molar-refractivity contribution in [3.05, 3.63) is 0 Å². The number of hydrogen-bond acceptors (Lipinski definition) is 6. The number of carboxylic acids is 2. The molecule has 8 nitrogen and oxygen atoms in total. The molecular weight excluding hydrogens is 236 g/mol. The van der Waals surface area contributed by atoms with E-state index in [0.29, 0.717) is 6.42 Å². The molecule has 0 aromatic rings. The predicted octanol–water partition coefficient (Wildman–Crippen LogP) is -1.98. The van der Waals surface area contributed by atoms with Crippen molar-refractivity contribution in [3.63, 3.8) is 0 Å². The van der Waals surface area contributed by atoms with E-state index in [-0.39, 0.29) is 6.61 Å². The number of rotatable bonds is 6. The van der Waals surface area contributed by atoms with Crippen LogP contribution >= 0.6 is 0 Å². The normalized spacial score (nSPS) is 15.1. The summed E-state index contributed by atoms with van der Waals surface area (Å²) in [6, 6.07) is 0. The van der Waals surface area contributed by atoms with E-state index < -0.39 is 30.3 Å². The van der Waals surface area contributed by atoms with Crippen LogP contribution in [0.4, 0.5) is 0 Å². The van der Waals surface area contributed by atoms with Gasteiger partial charge in [0.15, 0.2) is 12.2 Å². The average Bonchev–Trinajstić information content (AvgIpc) is 2.27. The van der Waals surface area contributed by atoms with Crippen LogP contribution in [0.1, 0.15) is 19.8 Å². The molecule has 3 atom stereocenters. The van der Waals surface area contributed by atoms with Gasteiger partial charge >= 0.3 is 11.9 Å². The van der Waals surface area contributed by atoms with Crippen molar-refractivity contribution in [2.45, 2.75) is 38.1 Å². The van der Waals surface area contributed by atoms with Crippen LogP contribution in [0.3, 0.4) is 0 Å². The van der Waals surface area contributed by atoms with Gasteiger partial charge in [-0.1, -0.05) is 13.3 Å². The highest BCUT2D eigenvalue weighted by Crippen LogP contribution is 1.93. The number of carboxylic acid groups (broad SMARTS) is 2. The summed E-state index contributed by atoms with van der Waals surface area (Å²) in [7, 11) is 0. The Morgan fingerprint density at radius 3 is 1.47 bits per heavy atom. The Labute approximate surface area is 97.8 Å². The summed E-state index contributed by atoms with van der Waals surface area (Å²) in [5.41, 5.74) is 0. The molecule has 0 spiro atoms. The third kappa shape index (κ3) is 9.69. The van der Waals surface area contributed by atoms with E-state index in [0.717, 1.165) is 6.42 Å². The third-order valence-electron chi connectivity index (χ3n) is 1.64. The maximum absolute atomic E-state index is 9.77. The van der Waals surface area contributed by atoms with E-state index in [1.165, 1.54) is 0 Å². The highest BCUT2D eigenvalue weighted by atomic mass is 16.4. The van der Waals surface area contributed by atoms with Crippen molar-refractivity contribution in [2.24, 2.45) is 0 Å². The van der Waals surface area contributed by atoms with Gasteiger partial charge in [0.2, 0.25) is 0 Å². The van der Waals surface area contributed by atoms with Gasteiger partial charge in [-0.3, -0.25) is 0 Å². The lowest BCUT2D eigenvalue weighted by Crippen LogP contribution is -2.39. The van der Waals surface area contributed by atoms with Gasteiger partial charge in [-0.15, -0.1) is 0 Å². The van der Waals surface area contributed by atoms with Gasteiger partial charge in [-0.2, -0.15) is 0 Å². The van der Waals surface area contributed by atoms with Gasteiger partial charge in [0.25, 0.3) is 0 Å². The second kappa shape index (κ2) is 9.97. The van der Waals surface area contributed by atoms with Crippen molar-refractivity contribution in [1.82, 2.24) is 0 Å². The lowest BCUT2D eigenvalue weighted by Gasteiger charge is -2.07. The SMILES string of the molecule is CCCC(O)CO.O=C(O)C(O)C(O)C(=O)O. The van der Waals surface area contributed by atoms with E-state index in [4.69, 9.17) is 30.6 Å². The zero-order valence-corrected chi connectivity index (χ0v) is 9.35. The van der Waals surface area contributed by atoms with Gasteiger partial charge in [0.05, 0.1) is 12.7 Å². The molecule has 0 aliphatic heterocycles. The number of aliphatic hydroxyl groups is 4. The van der Waals surface area contributed by atoms with Gasteiger partial charge in [0.1, 0.15) is 0 Å². The molecule has 0 bridgehead atoms. The van der Waals surface area contributed by atoms with E-state index in [1.54, 1.807) is 0 Å². The van der Waals surface area contributed by atoms with Gasteiger partial charge in [-0.25, -0.2) is 9.59 Å². The molecule has 102 valence electrons. The Bertz CT molecular complexity index is 211. The van der Waals surface area contributed by atoms with E-state index in [9.17, 15) is 9.59 Å². The molecule has 0 radical (unpaired) electrons. The number of aliphatic carboxylic acids is 2. The van der Waals surface area contributed by atoms with Crippen LogP contribution < -0.4 is 0 Å². The molecule has 6 N–H and O–H groups in total. The quantitative estimate of drug-likeness (QED) is 0.318. The molecule has 0 fully saturated rings. The highest BCUT2D eigenvalue weighted by molar-refractivity contribution is 5.83. The van der Waals surface area contributed by atoms with Crippen molar-refractivity contribution < 1.29 is 40.2 Å². The molecule has 0 amide bonds. The van der Waals surface area contributed by atoms with Gasteiger partial charge in [-0.05, 0) is 6.42 Å². The summed E-state index contributed by atoms with van der Waals surface area (Å²) in [4.78, 5) is 19.5. The first-order chi connectivity index (χ1) is 7.77. The van der Waals surface area contributed by atoms with Crippen LogP contribution in [0, 0.1) is 0 Å². The first-order valence-corrected chi connectivity index (χ1v) is 4.88. The van der Waals surface area contributed by atoms with E-state index >= 15 is 0 Å². The Balaban J connectivity index is 0. The molecule has 8 heteroatoms. The van der Waals surface area contributed by atoms with Crippen LogP contribution in [-0.2, 0) is 9.59 Å². The molecular formula is C9H18O8. The Kier molecular flexibility index (Phi) is 10.6. The first kappa shape index (κ1) is 18.2. The van der Waals surface area contributed by atoms with Crippen molar-refractivity contribution >= 4 is 11.9 Å². The number of carbonyl (C=O) groups is 2. The average molecular weight is 254 g/mol. The second-order valence-corrected chi connectivity index (χ2v) is 3.19.